The number of carboxylic acid groups (broad SMARTS) is 1. The van der Waals surface area contributed by atoms with Gasteiger partial charge in [-0.3, -0.25) is 9.59 Å². The van der Waals surface area contributed by atoms with Gasteiger partial charge in [0.25, 0.3) is 0 Å². The fraction of sp³-hybridized carbons (Fsp3) is 0.812. The number of methoxy groups -OCH3 is 1. The molecule has 0 bridgehead atoms. The van der Waals surface area contributed by atoms with Crippen LogP contribution in [0.2, 0.25) is 0 Å². The third-order valence-electron chi connectivity index (χ3n) is 24.8. The van der Waals surface area contributed by atoms with Crippen molar-refractivity contribution < 1.29 is 148 Å². The van der Waals surface area contributed by atoms with Gasteiger partial charge in [0.2, 0.25) is 6.29 Å². The van der Waals surface area contributed by atoms with Gasteiger partial charge in [0, 0.05) is 11.5 Å². The Morgan fingerprint density at radius 3 is 1.81 bits per heavy atom. The number of hydrogen-bond acceptors (Lipinski definition) is 29. The first-order valence-electron chi connectivity index (χ1n) is 34.5. The number of hydrogen-bond donors (Lipinski definition) is 15. The number of aliphatic hydroxyl groups excluding tert-OH is 14. The first-order valence-corrected chi connectivity index (χ1v) is 34.5. The number of aliphatic carboxylic acids is 1. The smallest absolute Gasteiger partial charge is 0.331 e. The number of esters is 2. The summed E-state index contributed by atoms with van der Waals surface area (Å²) in [5, 5.41) is 167. The van der Waals surface area contributed by atoms with Gasteiger partial charge < -0.3 is 133 Å². The minimum Gasteiger partial charge on any atom is -0.497 e. The second-order valence-electron chi connectivity index (χ2n) is 30.9. The molecular weight excluding hydrogens is 1310 g/mol. The molecule has 0 spiro atoms. The molecule has 0 amide bonds. The van der Waals surface area contributed by atoms with Crippen molar-refractivity contribution in [2.75, 3.05) is 26.9 Å². The van der Waals surface area contributed by atoms with E-state index in [1.165, 1.54) is 40.9 Å². The number of rotatable bonds is 17. The van der Waals surface area contributed by atoms with Crippen molar-refractivity contribution in [3.05, 3.63) is 47.6 Å². The fourth-order valence-electron chi connectivity index (χ4n) is 19.0. The van der Waals surface area contributed by atoms with E-state index in [4.69, 9.17) is 56.8 Å². The van der Waals surface area contributed by atoms with Crippen molar-refractivity contribution in [3.63, 3.8) is 0 Å². The number of benzene rings is 1. The predicted molar refractivity (Wildman–Crippen MR) is 336 cm³/mol. The lowest BCUT2D eigenvalue weighted by Crippen LogP contribution is -2.71. The highest BCUT2D eigenvalue weighted by Gasteiger charge is 2.74. The lowest BCUT2D eigenvalue weighted by atomic mass is 9.33. The van der Waals surface area contributed by atoms with Gasteiger partial charge in [-0.1, -0.05) is 51.5 Å². The van der Waals surface area contributed by atoms with Gasteiger partial charge in [0.15, 0.2) is 37.4 Å². The molecule has 5 aliphatic carbocycles. The minimum atomic E-state index is -2.09. The molecule has 5 heterocycles. The van der Waals surface area contributed by atoms with E-state index < -0.39 is 241 Å². The van der Waals surface area contributed by atoms with Gasteiger partial charge in [-0.05, 0) is 143 Å². The zero-order chi connectivity index (χ0) is 72.1. The van der Waals surface area contributed by atoms with Crippen LogP contribution in [0.5, 0.6) is 5.75 Å². The number of fused-ring (bicyclic) bond motifs is 7. The summed E-state index contributed by atoms with van der Waals surface area (Å²) in [5.41, 5.74) is -5.14. The molecule has 5 saturated heterocycles. The summed E-state index contributed by atoms with van der Waals surface area (Å²) in [6.07, 6.45) is -37.0. The van der Waals surface area contributed by atoms with Crippen molar-refractivity contribution in [3.8, 4) is 5.75 Å². The first kappa shape index (κ1) is 76.1. The zero-order valence-electron chi connectivity index (χ0n) is 57.1. The van der Waals surface area contributed by atoms with E-state index in [2.05, 4.69) is 26.8 Å². The molecule has 5 aliphatic heterocycles. The highest BCUT2D eigenvalue weighted by atomic mass is 16.8. The van der Waals surface area contributed by atoms with E-state index in [0.717, 1.165) is 11.6 Å². The summed E-state index contributed by atoms with van der Waals surface area (Å²) >= 11 is 0. The molecule has 0 unspecified atom stereocenters. The van der Waals surface area contributed by atoms with Crippen molar-refractivity contribution >= 4 is 24.0 Å². The molecule has 99 heavy (non-hydrogen) atoms. The summed E-state index contributed by atoms with van der Waals surface area (Å²) < 4.78 is 73.5. The van der Waals surface area contributed by atoms with E-state index in [0.29, 0.717) is 37.0 Å². The van der Waals surface area contributed by atoms with Gasteiger partial charge >= 0.3 is 17.9 Å². The van der Waals surface area contributed by atoms with Gasteiger partial charge in [-0.2, -0.15) is 0 Å². The van der Waals surface area contributed by atoms with Crippen LogP contribution in [0.25, 0.3) is 6.08 Å². The molecule has 1 aromatic carbocycles. The molecule has 9 fully saturated rings. The van der Waals surface area contributed by atoms with Crippen LogP contribution >= 0.6 is 0 Å². The Morgan fingerprint density at radius 2 is 1.16 bits per heavy atom. The Hall–Kier alpha value is -4.01. The Kier molecular flexibility index (Phi) is 22.1. The Bertz CT molecular complexity index is 3080. The lowest BCUT2D eigenvalue weighted by molar-refractivity contribution is -0.390. The third kappa shape index (κ3) is 13.3. The summed E-state index contributed by atoms with van der Waals surface area (Å²) in [6.45, 7) is 12.4. The molecule has 10 aliphatic rings. The van der Waals surface area contributed by atoms with E-state index in [1.807, 2.05) is 6.92 Å². The van der Waals surface area contributed by atoms with E-state index in [-0.39, 0.29) is 38.7 Å². The molecule has 15 N–H and O–H groups in total. The van der Waals surface area contributed by atoms with Crippen molar-refractivity contribution in [1.82, 2.24) is 0 Å². The highest BCUT2D eigenvalue weighted by molar-refractivity contribution is 5.87. The summed E-state index contributed by atoms with van der Waals surface area (Å²) in [5.74, 6) is -4.26. The lowest BCUT2D eigenvalue weighted by Gasteiger charge is -2.71. The standard InChI is InChI=1S/C69H102O30/c1-29-42(75)45(78)49(82)58(90-29)96-54-53(94-41(74)17-12-32-10-13-33(88-9)14-11-32)31(3)92-61(55(54)97-59-51(84)47(80)52(30(2)91-59)95-57-48(81)43(76)37(73)27-89-57)99-63(87)68-21-20-64(4,5)24-35(68)34-15-16-39-65(6)25-36(72)56(98-60-50(83)46(79)44(77)38(26-70)93-60)67(8,62(85)86)40(65)18-19-66(39,7)69(34,28-71)23-22-68/h10-15,17,29-31,35-40,42-61,70-73,75-84H,16,18-28H2,1-9H3,(H,85,86)/t29-,30-,31+,35-,36-,37+,38+,39+,40+,42-,43-,44+,45+,46-,47-,48+,49+,50+,51+,52-,53-,54-,55+,56-,57-,58-,59-,60-,61-,65+,66+,67-,68-,69-/m0/s1. The van der Waals surface area contributed by atoms with Crippen LogP contribution in [0, 0.1) is 50.2 Å². The molecule has 0 aromatic heterocycles. The second-order valence-corrected chi connectivity index (χ2v) is 30.9. The molecule has 11 rings (SSSR count). The van der Waals surface area contributed by atoms with Crippen LogP contribution in [-0.4, -0.2) is 281 Å². The molecule has 30 heteroatoms. The summed E-state index contributed by atoms with van der Waals surface area (Å²) in [6, 6.07) is 6.70. The average molecular weight is 1410 g/mol. The second kappa shape index (κ2) is 28.8. The monoisotopic (exact) mass is 1410 g/mol. The fourth-order valence-corrected chi connectivity index (χ4v) is 19.0. The van der Waals surface area contributed by atoms with Crippen LogP contribution in [0.1, 0.15) is 119 Å². The molecule has 558 valence electrons. The maximum atomic E-state index is 16.3. The van der Waals surface area contributed by atoms with Gasteiger partial charge in [0.05, 0.1) is 62.2 Å². The minimum absolute atomic E-state index is 0.00656. The topological polar surface area (TPSA) is 465 Å². The first-order chi connectivity index (χ1) is 46.6. The van der Waals surface area contributed by atoms with Crippen molar-refractivity contribution in [2.24, 2.45) is 50.2 Å². The summed E-state index contributed by atoms with van der Waals surface area (Å²) in [7, 11) is 1.50. The number of carboxylic acids is 1. The van der Waals surface area contributed by atoms with Gasteiger partial charge in [-0.25, -0.2) is 4.79 Å². The largest absolute Gasteiger partial charge is 0.497 e. The number of aliphatic hydroxyl groups is 14. The van der Waals surface area contributed by atoms with Crippen LogP contribution in [-0.2, 0) is 66.5 Å². The molecule has 34 atom stereocenters. The van der Waals surface area contributed by atoms with Gasteiger partial charge in [0.1, 0.15) is 97.3 Å². The van der Waals surface area contributed by atoms with E-state index >= 15 is 4.79 Å². The number of ether oxygens (including phenoxy) is 12. The molecular formula is C69H102O30. The normalized spacial score (nSPS) is 49.8. The van der Waals surface area contributed by atoms with Crippen LogP contribution in [0.3, 0.4) is 0 Å². The average Bonchev–Trinajstić information content (AvgIpc) is 0.670. The predicted octanol–water partition coefficient (Wildman–Crippen LogP) is -1.21. The molecule has 30 nitrogen and oxygen atoms in total. The van der Waals surface area contributed by atoms with Crippen LogP contribution in [0.4, 0.5) is 0 Å². The van der Waals surface area contributed by atoms with E-state index in [1.54, 1.807) is 24.3 Å². The highest BCUT2D eigenvalue weighted by Crippen LogP contribution is 2.76. The maximum absolute atomic E-state index is 16.3. The van der Waals surface area contributed by atoms with Crippen molar-refractivity contribution in [1.29, 1.82) is 0 Å². The quantitative estimate of drug-likeness (QED) is 0.0377. The maximum Gasteiger partial charge on any atom is 0.331 e. The van der Waals surface area contributed by atoms with E-state index in [9.17, 15) is 86.2 Å². The molecule has 0 radical (unpaired) electrons. The Balaban J connectivity index is 0.937. The molecule has 1 aromatic rings. The van der Waals surface area contributed by atoms with Gasteiger partial charge in [-0.15, -0.1) is 0 Å². The van der Waals surface area contributed by atoms with Crippen LogP contribution < -0.4 is 4.74 Å². The number of carbonyl (C=O) groups is 3. The summed E-state index contributed by atoms with van der Waals surface area (Å²) in [4.78, 5) is 44.4. The number of carbonyl (C=O) groups excluding carboxylic acids is 2. The molecule has 4 saturated carbocycles. The number of allylic oxidation sites excluding steroid dienone is 1. The van der Waals surface area contributed by atoms with Crippen LogP contribution in [0.15, 0.2) is 42.0 Å². The SMILES string of the molecule is COc1ccc(C=CC(=O)O[C@@H]2[C@H](O[C@@H]3O[C@@H](C)[C@H](O)[C@@H](O)[C@H]3O)[C@@H](O[C@@H]3O[C@@H](C)[C@H](O[C@@H]4OC[C@@H](O)[C@H](O)[C@H]4O)[C@@H](O)[C@H]3O)[C@H](OC(=O)[C@]34CCC(C)(C)C[C@H]3C3=CC[C@@H]5[C@@]6(C)C[C@H](O)[C@H](O[C@@H]7O[C@H](CO)[C@@H](O)[C@H](O)[C@H]7O)[C@@](C)(C(=O)O)[C@@H]6CC[C@@]5(C)[C@]3(CO)CC4)O[C@@H]2C)cc1. The Labute approximate surface area is 573 Å². The Morgan fingerprint density at radius 1 is 0.576 bits per heavy atom. The zero-order valence-corrected chi connectivity index (χ0v) is 57.1. The third-order valence-corrected chi connectivity index (χ3v) is 24.8. The van der Waals surface area contributed by atoms with Crippen molar-refractivity contribution in [2.45, 2.75) is 273 Å².